The van der Waals surface area contributed by atoms with Crippen molar-refractivity contribution in [1.29, 1.82) is 0 Å². The van der Waals surface area contributed by atoms with E-state index in [4.69, 9.17) is 14.2 Å². The van der Waals surface area contributed by atoms with Gasteiger partial charge in [0.1, 0.15) is 17.6 Å². The third kappa shape index (κ3) is 0.942. The van der Waals surface area contributed by atoms with Gasteiger partial charge in [-0.3, -0.25) is 9.59 Å². The summed E-state index contributed by atoms with van der Waals surface area (Å²) in [5.74, 6) is -0.739. The van der Waals surface area contributed by atoms with Crippen LogP contribution in [0, 0.1) is 5.41 Å². The number of fused-ring (bicyclic) bond motifs is 1. The predicted octanol–water partition coefficient (Wildman–Crippen LogP) is 0.190. The fourth-order valence-corrected chi connectivity index (χ4v) is 2.96. The van der Waals surface area contributed by atoms with Crippen LogP contribution in [0.5, 0.6) is 0 Å². The Bertz CT molecular complexity index is 401. The van der Waals surface area contributed by atoms with Gasteiger partial charge in [-0.15, -0.1) is 0 Å². The van der Waals surface area contributed by atoms with E-state index in [1.807, 2.05) is 12.2 Å². The lowest BCUT2D eigenvalue weighted by Gasteiger charge is -2.42. The van der Waals surface area contributed by atoms with Gasteiger partial charge in [0, 0.05) is 0 Å². The van der Waals surface area contributed by atoms with E-state index < -0.39 is 11.0 Å². The maximum absolute atomic E-state index is 12.0. The average molecular weight is 224 g/mol. The highest BCUT2D eigenvalue weighted by atomic mass is 16.6. The van der Waals surface area contributed by atoms with Crippen molar-refractivity contribution in [3.05, 3.63) is 12.2 Å². The third-order valence-electron chi connectivity index (χ3n) is 3.77. The minimum atomic E-state index is -0.878. The van der Waals surface area contributed by atoms with Crippen LogP contribution in [-0.4, -0.2) is 37.4 Å². The third-order valence-corrected chi connectivity index (χ3v) is 3.77. The minimum absolute atomic E-state index is 0.0422. The Kier molecular flexibility index (Phi) is 1.75. The highest BCUT2D eigenvalue weighted by molar-refractivity contribution is 5.87. The van der Waals surface area contributed by atoms with E-state index in [0.717, 1.165) is 0 Å². The van der Waals surface area contributed by atoms with Crippen molar-refractivity contribution in [2.75, 3.05) is 13.7 Å². The Morgan fingerprint density at radius 2 is 2.44 bits per heavy atom. The first-order chi connectivity index (χ1) is 7.62. The molecule has 5 nitrogen and oxygen atoms in total. The normalized spacial score (nSPS) is 44.1. The van der Waals surface area contributed by atoms with Gasteiger partial charge < -0.3 is 14.2 Å². The van der Waals surface area contributed by atoms with Crippen LogP contribution in [0.15, 0.2) is 12.2 Å². The standard InChI is InChI=1S/C11H12O5/c1-14-9(13)10-4-7-2-3-11(10,16-7)6-15-8(12)5-10/h2-3,7H,4-6H2,1H3/t7-,10-,11-/m0/s1. The number of hydrogen-bond acceptors (Lipinski definition) is 5. The van der Waals surface area contributed by atoms with Crippen molar-refractivity contribution in [2.45, 2.75) is 24.5 Å². The van der Waals surface area contributed by atoms with Gasteiger partial charge >= 0.3 is 11.9 Å². The summed E-state index contributed by atoms with van der Waals surface area (Å²) in [6, 6.07) is 0. The Hall–Kier alpha value is -1.36. The van der Waals surface area contributed by atoms with Crippen molar-refractivity contribution in [3.63, 3.8) is 0 Å². The molecule has 3 heterocycles. The molecule has 2 saturated heterocycles. The zero-order valence-electron chi connectivity index (χ0n) is 8.89. The smallest absolute Gasteiger partial charge is 0.315 e. The van der Waals surface area contributed by atoms with Crippen LogP contribution in [0.1, 0.15) is 12.8 Å². The molecule has 0 amide bonds. The monoisotopic (exact) mass is 224 g/mol. The van der Waals surface area contributed by atoms with Gasteiger partial charge in [-0.1, -0.05) is 6.08 Å². The second-order valence-corrected chi connectivity index (χ2v) is 4.52. The second kappa shape index (κ2) is 2.85. The summed E-state index contributed by atoms with van der Waals surface area (Å²) < 4.78 is 15.6. The van der Waals surface area contributed by atoms with Crippen LogP contribution >= 0.6 is 0 Å². The quantitative estimate of drug-likeness (QED) is 0.470. The zero-order chi connectivity index (χ0) is 11.4. The van der Waals surface area contributed by atoms with E-state index in [9.17, 15) is 9.59 Å². The number of carbonyl (C=O) groups is 2. The van der Waals surface area contributed by atoms with Crippen molar-refractivity contribution in [1.82, 2.24) is 0 Å². The fourth-order valence-electron chi connectivity index (χ4n) is 2.96. The van der Waals surface area contributed by atoms with E-state index >= 15 is 0 Å². The number of esters is 2. The molecule has 0 N–H and O–H groups in total. The molecule has 2 bridgehead atoms. The lowest BCUT2D eigenvalue weighted by Crippen LogP contribution is -2.57. The van der Waals surface area contributed by atoms with Gasteiger partial charge in [0.2, 0.25) is 0 Å². The maximum atomic E-state index is 12.0. The highest BCUT2D eigenvalue weighted by Gasteiger charge is 2.69. The largest absolute Gasteiger partial charge is 0.468 e. The first-order valence-electron chi connectivity index (χ1n) is 5.23. The Balaban J connectivity index is 2.08. The van der Waals surface area contributed by atoms with Gasteiger partial charge in [0.25, 0.3) is 0 Å². The SMILES string of the molecule is COC(=O)[C@]12CC(=O)OC[C@@]13C=C[C@@H](C2)O3. The molecule has 3 atom stereocenters. The van der Waals surface area contributed by atoms with Gasteiger partial charge in [-0.2, -0.15) is 0 Å². The van der Waals surface area contributed by atoms with Crippen LogP contribution in [0.4, 0.5) is 0 Å². The lowest BCUT2D eigenvalue weighted by atomic mass is 9.65. The highest BCUT2D eigenvalue weighted by Crippen LogP contribution is 2.56. The number of rotatable bonds is 1. The van der Waals surface area contributed by atoms with Crippen LogP contribution < -0.4 is 0 Å². The molecule has 16 heavy (non-hydrogen) atoms. The zero-order valence-corrected chi connectivity index (χ0v) is 8.89. The number of methoxy groups -OCH3 is 1. The Morgan fingerprint density at radius 1 is 1.62 bits per heavy atom. The molecule has 2 fully saturated rings. The Labute approximate surface area is 92.3 Å². The van der Waals surface area contributed by atoms with Crippen LogP contribution in [-0.2, 0) is 23.8 Å². The molecule has 0 aromatic rings. The molecular weight excluding hydrogens is 212 g/mol. The van der Waals surface area contributed by atoms with Gasteiger partial charge in [0.05, 0.1) is 19.6 Å². The summed E-state index contributed by atoms with van der Waals surface area (Å²) in [5, 5.41) is 0. The van der Waals surface area contributed by atoms with Gasteiger partial charge in [-0.25, -0.2) is 0 Å². The number of hydrogen-bond donors (Lipinski definition) is 0. The molecule has 0 unspecified atom stereocenters. The summed E-state index contributed by atoms with van der Waals surface area (Å²) in [5.41, 5.74) is -1.67. The molecule has 0 aliphatic carbocycles. The summed E-state index contributed by atoms with van der Waals surface area (Å²) in [4.78, 5) is 23.4. The van der Waals surface area contributed by atoms with Crippen molar-refractivity contribution in [2.24, 2.45) is 5.41 Å². The number of cyclic esters (lactones) is 1. The first-order valence-corrected chi connectivity index (χ1v) is 5.23. The van der Waals surface area contributed by atoms with Crippen LogP contribution in [0.3, 0.4) is 0 Å². The summed E-state index contributed by atoms with van der Waals surface area (Å²) in [6.45, 7) is 0.105. The molecule has 3 aliphatic heterocycles. The summed E-state index contributed by atoms with van der Waals surface area (Å²) >= 11 is 0. The molecule has 0 aromatic carbocycles. The summed E-state index contributed by atoms with van der Waals surface area (Å²) in [6.07, 6.45) is 4.20. The molecule has 1 spiro atoms. The Morgan fingerprint density at radius 3 is 3.12 bits per heavy atom. The molecule has 86 valence electrons. The van der Waals surface area contributed by atoms with Crippen LogP contribution in [0.2, 0.25) is 0 Å². The van der Waals surface area contributed by atoms with Crippen molar-refractivity contribution < 1.29 is 23.8 Å². The number of ether oxygens (including phenoxy) is 3. The molecule has 0 radical (unpaired) electrons. The molecule has 3 rings (SSSR count). The number of carbonyl (C=O) groups excluding carboxylic acids is 2. The van der Waals surface area contributed by atoms with E-state index in [1.165, 1.54) is 7.11 Å². The van der Waals surface area contributed by atoms with Crippen LogP contribution in [0.25, 0.3) is 0 Å². The van der Waals surface area contributed by atoms with Crippen molar-refractivity contribution in [3.8, 4) is 0 Å². The van der Waals surface area contributed by atoms with E-state index in [-0.39, 0.29) is 31.1 Å². The van der Waals surface area contributed by atoms with Gasteiger partial charge in [-0.05, 0) is 12.5 Å². The summed E-state index contributed by atoms with van der Waals surface area (Å²) in [7, 11) is 1.33. The topological polar surface area (TPSA) is 61.8 Å². The maximum Gasteiger partial charge on any atom is 0.315 e. The average Bonchev–Trinajstić information content (AvgIpc) is 2.82. The molecule has 0 saturated carbocycles. The molecular formula is C11H12O5. The van der Waals surface area contributed by atoms with E-state index in [1.54, 1.807) is 0 Å². The second-order valence-electron chi connectivity index (χ2n) is 4.52. The first kappa shape index (κ1) is 9.84. The molecule has 3 aliphatic rings. The molecule has 5 heteroatoms. The molecule has 0 aromatic heterocycles. The predicted molar refractivity (Wildman–Crippen MR) is 51.4 cm³/mol. The lowest BCUT2D eigenvalue weighted by molar-refractivity contribution is -0.188. The van der Waals surface area contributed by atoms with Crippen molar-refractivity contribution >= 4 is 11.9 Å². The van der Waals surface area contributed by atoms with Gasteiger partial charge in [0.15, 0.2) is 0 Å². The van der Waals surface area contributed by atoms with E-state index in [0.29, 0.717) is 6.42 Å². The minimum Gasteiger partial charge on any atom is -0.468 e. The van der Waals surface area contributed by atoms with E-state index in [2.05, 4.69) is 0 Å². The fraction of sp³-hybridized carbons (Fsp3) is 0.636.